The van der Waals surface area contributed by atoms with E-state index in [1.807, 2.05) is 42.6 Å². The maximum atomic E-state index is 5.93. The maximum absolute atomic E-state index is 5.93. The fourth-order valence-corrected chi connectivity index (χ4v) is 3.67. The minimum absolute atomic E-state index is 0. The van der Waals surface area contributed by atoms with Crippen molar-refractivity contribution in [2.45, 2.75) is 25.3 Å². The minimum Gasteiger partial charge on any atom is -0.356 e. The zero-order valence-electron chi connectivity index (χ0n) is 17.9. The van der Waals surface area contributed by atoms with E-state index in [-0.39, 0.29) is 24.0 Å². The summed E-state index contributed by atoms with van der Waals surface area (Å²) in [5.74, 6) is 2.97. The highest BCUT2D eigenvalue weighted by Crippen LogP contribution is 2.19. The van der Waals surface area contributed by atoms with Crippen molar-refractivity contribution < 1.29 is 4.52 Å². The van der Waals surface area contributed by atoms with Crippen molar-refractivity contribution in [2.75, 3.05) is 31.6 Å². The Morgan fingerprint density at radius 2 is 1.97 bits per heavy atom. The van der Waals surface area contributed by atoms with Gasteiger partial charge < -0.3 is 20.1 Å². The van der Waals surface area contributed by atoms with Gasteiger partial charge >= 0.3 is 0 Å². The molecule has 0 saturated carbocycles. The number of aromatic nitrogens is 3. The monoisotopic (exact) mass is 567 g/mol. The van der Waals surface area contributed by atoms with Gasteiger partial charge in [0.05, 0.1) is 0 Å². The van der Waals surface area contributed by atoms with Crippen molar-refractivity contribution in [3.8, 4) is 11.4 Å². The summed E-state index contributed by atoms with van der Waals surface area (Å²) in [5.41, 5.74) is 0.877. The number of hydrogen-bond donors (Lipinski definition) is 2. The zero-order valence-corrected chi connectivity index (χ0v) is 21.0. The Morgan fingerprint density at radius 1 is 1.19 bits per heavy atom. The summed E-state index contributed by atoms with van der Waals surface area (Å²) in [6.07, 6.45) is 4.52. The summed E-state index contributed by atoms with van der Waals surface area (Å²) < 4.78 is 5.36. The summed E-state index contributed by atoms with van der Waals surface area (Å²) in [5, 5.41) is 11.6. The Kier molecular flexibility index (Phi) is 9.10. The number of nitrogens with one attached hydrogen (secondary N) is 2. The molecule has 0 bridgehead atoms. The van der Waals surface area contributed by atoms with Crippen LogP contribution in [-0.4, -0.2) is 53.8 Å². The van der Waals surface area contributed by atoms with Crippen molar-refractivity contribution in [1.29, 1.82) is 0 Å². The Balaban J connectivity index is 0.00000289. The first kappa shape index (κ1) is 24.2. The number of hydrogen-bond acceptors (Lipinski definition) is 6. The predicted molar refractivity (Wildman–Crippen MR) is 138 cm³/mol. The van der Waals surface area contributed by atoms with Crippen LogP contribution in [0.3, 0.4) is 0 Å². The number of aliphatic imine (C=N–C) groups is 1. The van der Waals surface area contributed by atoms with Gasteiger partial charge in [-0.2, -0.15) is 4.98 Å². The van der Waals surface area contributed by atoms with E-state index in [0.29, 0.717) is 35.7 Å². The number of guanidine groups is 1. The van der Waals surface area contributed by atoms with Gasteiger partial charge in [0.25, 0.3) is 0 Å². The molecule has 1 aromatic carbocycles. The number of nitrogens with zero attached hydrogens (tertiary/aromatic N) is 5. The van der Waals surface area contributed by atoms with E-state index >= 15 is 0 Å². The molecule has 0 aliphatic carbocycles. The van der Waals surface area contributed by atoms with E-state index in [1.54, 1.807) is 7.05 Å². The van der Waals surface area contributed by atoms with Crippen LogP contribution in [0.5, 0.6) is 0 Å². The molecule has 4 rings (SSSR count). The molecule has 0 atom stereocenters. The van der Waals surface area contributed by atoms with Crippen molar-refractivity contribution in [3.63, 3.8) is 0 Å². The van der Waals surface area contributed by atoms with Crippen LogP contribution in [0.15, 0.2) is 58.2 Å². The fourth-order valence-electron chi connectivity index (χ4n) is 3.54. The third-order valence-electron chi connectivity index (χ3n) is 5.23. The molecule has 1 aliphatic rings. The lowest BCUT2D eigenvalue weighted by atomic mass is 10.1. The molecule has 32 heavy (non-hydrogen) atoms. The first-order valence-electron chi connectivity index (χ1n) is 10.4. The van der Waals surface area contributed by atoms with E-state index in [4.69, 9.17) is 16.1 Å². The van der Waals surface area contributed by atoms with Gasteiger partial charge in [0, 0.05) is 55.9 Å². The van der Waals surface area contributed by atoms with E-state index in [2.05, 4.69) is 41.7 Å². The highest BCUT2D eigenvalue weighted by Gasteiger charge is 2.20. The lowest BCUT2D eigenvalue weighted by molar-refractivity contribution is 0.378. The topological polar surface area (TPSA) is 91.5 Å². The summed E-state index contributed by atoms with van der Waals surface area (Å²) in [7, 11) is 1.78. The fraction of sp³-hybridized carbons (Fsp3) is 0.364. The third kappa shape index (κ3) is 6.55. The van der Waals surface area contributed by atoms with Crippen LogP contribution >= 0.6 is 35.6 Å². The first-order valence-corrected chi connectivity index (χ1v) is 10.8. The van der Waals surface area contributed by atoms with Crippen LogP contribution in [0.4, 0.5) is 5.82 Å². The molecule has 8 nitrogen and oxygen atoms in total. The average Bonchev–Trinajstić information content (AvgIpc) is 3.29. The molecule has 10 heteroatoms. The highest BCUT2D eigenvalue weighted by molar-refractivity contribution is 14.0. The van der Waals surface area contributed by atoms with Gasteiger partial charge in [0.15, 0.2) is 5.96 Å². The highest BCUT2D eigenvalue weighted by atomic mass is 127. The number of benzene rings is 1. The van der Waals surface area contributed by atoms with Crippen LogP contribution in [-0.2, 0) is 6.42 Å². The second-order valence-corrected chi connectivity index (χ2v) is 7.80. The largest absolute Gasteiger partial charge is 0.356 e. The molecule has 0 radical (unpaired) electrons. The second-order valence-electron chi connectivity index (χ2n) is 7.36. The Morgan fingerprint density at radius 3 is 2.66 bits per heavy atom. The van der Waals surface area contributed by atoms with E-state index in [0.717, 1.165) is 43.3 Å². The van der Waals surface area contributed by atoms with Crippen molar-refractivity contribution in [3.05, 3.63) is 59.6 Å². The lowest BCUT2D eigenvalue weighted by Gasteiger charge is -2.33. The lowest BCUT2D eigenvalue weighted by Crippen LogP contribution is -2.49. The molecule has 0 amide bonds. The number of piperidine rings is 1. The van der Waals surface area contributed by atoms with Gasteiger partial charge in [-0.15, -0.1) is 24.0 Å². The molecule has 0 unspecified atom stereocenters. The third-order valence-corrected chi connectivity index (χ3v) is 5.49. The molecule has 1 fully saturated rings. The van der Waals surface area contributed by atoms with Crippen LogP contribution < -0.4 is 15.5 Å². The van der Waals surface area contributed by atoms with Gasteiger partial charge in [-0.3, -0.25) is 4.99 Å². The molecular weight excluding hydrogens is 541 g/mol. The SMILES string of the molecule is CN=C(NCCc1nc(-c2ccc(Cl)cc2)no1)NC1CCN(c2ccccn2)CC1.I. The van der Waals surface area contributed by atoms with Crippen LogP contribution in [0.25, 0.3) is 11.4 Å². The summed E-state index contributed by atoms with van der Waals surface area (Å²) >= 11 is 5.93. The number of rotatable bonds is 6. The van der Waals surface area contributed by atoms with Gasteiger partial charge in [-0.25, -0.2) is 4.98 Å². The normalized spacial score (nSPS) is 14.7. The second kappa shape index (κ2) is 12.0. The summed E-state index contributed by atoms with van der Waals surface area (Å²) in [6.45, 7) is 2.59. The van der Waals surface area contributed by atoms with E-state index < -0.39 is 0 Å². The van der Waals surface area contributed by atoms with Crippen LogP contribution in [0.2, 0.25) is 5.02 Å². The van der Waals surface area contributed by atoms with Crippen molar-refractivity contribution >= 4 is 47.4 Å². The van der Waals surface area contributed by atoms with E-state index in [1.165, 1.54) is 0 Å². The number of halogens is 2. The Labute approximate surface area is 209 Å². The van der Waals surface area contributed by atoms with Crippen molar-refractivity contribution in [2.24, 2.45) is 4.99 Å². The Hall–Kier alpha value is -2.40. The van der Waals surface area contributed by atoms with Crippen LogP contribution in [0.1, 0.15) is 18.7 Å². The van der Waals surface area contributed by atoms with Gasteiger partial charge in [0.2, 0.25) is 11.7 Å². The average molecular weight is 568 g/mol. The summed E-state index contributed by atoms with van der Waals surface area (Å²) in [4.78, 5) is 15.6. The standard InChI is InChI=1S/C22H26ClN7O.HI/c1-24-22(27-18-10-14-30(15-11-18)19-4-2-3-12-25-19)26-13-9-20-28-21(29-31-20)16-5-7-17(23)8-6-16;/h2-8,12,18H,9-11,13-15H2,1H3,(H2,24,26,27);1H. The molecule has 0 spiro atoms. The molecular formula is C22H27ClIN7O. The van der Waals surface area contributed by atoms with Crippen LogP contribution in [0, 0.1) is 0 Å². The maximum Gasteiger partial charge on any atom is 0.228 e. The van der Waals surface area contributed by atoms with E-state index in [9.17, 15) is 0 Å². The summed E-state index contributed by atoms with van der Waals surface area (Å²) in [6, 6.07) is 13.8. The Bertz CT molecular complexity index is 989. The molecule has 3 heterocycles. The predicted octanol–water partition coefficient (Wildman–Crippen LogP) is 3.78. The number of anilines is 1. The van der Waals surface area contributed by atoms with Crippen molar-refractivity contribution in [1.82, 2.24) is 25.8 Å². The quantitative estimate of drug-likeness (QED) is 0.266. The molecule has 1 saturated heterocycles. The smallest absolute Gasteiger partial charge is 0.228 e. The first-order chi connectivity index (χ1) is 15.2. The van der Waals surface area contributed by atoms with Gasteiger partial charge in [-0.1, -0.05) is 22.8 Å². The minimum atomic E-state index is 0. The zero-order chi connectivity index (χ0) is 21.5. The molecule has 2 aromatic heterocycles. The molecule has 170 valence electrons. The van der Waals surface area contributed by atoms with Gasteiger partial charge in [-0.05, 0) is 49.2 Å². The molecule has 1 aliphatic heterocycles. The number of pyridine rings is 1. The molecule has 2 N–H and O–H groups in total. The van der Waals surface area contributed by atoms with Gasteiger partial charge in [0.1, 0.15) is 5.82 Å². The molecule has 3 aromatic rings.